The first-order valence-corrected chi connectivity index (χ1v) is 10.1. The Morgan fingerprint density at radius 2 is 2.13 bits per heavy atom. The maximum Gasteiger partial charge on any atom is 0.225 e. The van der Waals surface area contributed by atoms with Gasteiger partial charge < -0.3 is 16.0 Å². The Morgan fingerprint density at radius 3 is 2.97 bits per heavy atom. The van der Waals surface area contributed by atoms with Crippen molar-refractivity contribution >= 4 is 17.6 Å². The van der Waals surface area contributed by atoms with Crippen LogP contribution in [-0.4, -0.2) is 39.7 Å². The Balaban J connectivity index is 1.44. The average molecular weight is 403 g/mol. The van der Waals surface area contributed by atoms with Gasteiger partial charge in [0.25, 0.3) is 0 Å². The number of hydrogen-bond acceptors (Lipinski definition) is 4. The molecular formula is C22H25N7O. The molecule has 8 heteroatoms. The van der Waals surface area contributed by atoms with Gasteiger partial charge in [0.05, 0.1) is 6.54 Å². The zero-order chi connectivity index (χ0) is 20.8. The van der Waals surface area contributed by atoms with E-state index in [1.54, 1.807) is 17.1 Å². The molecule has 4 rings (SSSR count). The molecule has 0 saturated carbocycles. The van der Waals surface area contributed by atoms with E-state index in [4.69, 9.17) is 4.99 Å². The van der Waals surface area contributed by atoms with Gasteiger partial charge in [-0.1, -0.05) is 18.2 Å². The number of rotatable bonds is 6. The predicted octanol–water partition coefficient (Wildman–Crippen LogP) is 2.45. The Morgan fingerprint density at radius 1 is 1.23 bits per heavy atom. The molecule has 0 aliphatic carbocycles. The van der Waals surface area contributed by atoms with Crippen LogP contribution < -0.4 is 16.0 Å². The number of carbonyl (C=O) groups excluding carboxylic acids is 1. The molecule has 3 N–H and O–H groups in total. The minimum absolute atomic E-state index is 0.0466. The molecule has 154 valence electrons. The number of carbonyl (C=O) groups is 1. The van der Waals surface area contributed by atoms with Crippen LogP contribution in [0.15, 0.2) is 66.0 Å². The SMILES string of the molecule is CCNC(=NCc1ccnc(-n2cccn2)c1)NCC1CC(=O)Nc2ccccc21. The molecule has 1 unspecified atom stereocenters. The molecule has 30 heavy (non-hydrogen) atoms. The minimum atomic E-state index is 0.0466. The van der Waals surface area contributed by atoms with Crippen molar-refractivity contribution in [3.05, 3.63) is 72.2 Å². The summed E-state index contributed by atoms with van der Waals surface area (Å²) in [4.78, 5) is 21.1. The van der Waals surface area contributed by atoms with Crippen molar-refractivity contribution in [1.82, 2.24) is 25.4 Å². The quantitative estimate of drug-likeness (QED) is 0.434. The maximum atomic E-state index is 12.0. The maximum absolute atomic E-state index is 12.0. The number of nitrogens with zero attached hydrogens (tertiary/aromatic N) is 4. The van der Waals surface area contributed by atoms with Gasteiger partial charge in [0, 0.05) is 49.7 Å². The zero-order valence-corrected chi connectivity index (χ0v) is 16.9. The summed E-state index contributed by atoms with van der Waals surface area (Å²) < 4.78 is 1.72. The average Bonchev–Trinajstić information content (AvgIpc) is 3.30. The lowest BCUT2D eigenvalue weighted by molar-refractivity contribution is -0.116. The van der Waals surface area contributed by atoms with Gasteiger partial charge >= 0.3 is 0 Å². The van der Waals surface area contributed by atoms with E-state index in [-0.39, 0.29) is 11.8 Å². The van der Waals surface area contributed by atoms with Crippen molar-refractivity contribution in [3.63, 3.8) is 0 Å². The largest absolute Gasteiger partial charge is 0.357 e. The van der Waals surface area contributed by atoms with E-state index in [1.165, 1.54) is 0 Å². The van der Waals surface area contributed by atoms with Crippen LogP contribution in [0.1, 0.15) is 30.4 Å². The third-order valence-electron chi connectivity index (χ3n) is 4.94. The standard InChI is InChI=1S/C22H25N7O/c1-2-23-22(25-14-16-8-10-24-20(12-16)29-11-5-9-27-29)26-15-17-13-21(30)28-19-7-4-3-6-18(17)19/h3-12,17H,2,13-15H2,1H3,(H,28,30)(H2,23,25,26). The normalized spacial score (nSPS) is 16.0. The highest BCUT2D eigenvalue weighted by molar-refractivity contribution is 5.94. The molecule has 0 bridgehead atoms. The molecule has 0 spiro atoms. The van der Waals surface area contributed by atoms with Crippen LogP contribution in [0, 0.1) is 0 Å². The van der Waals surface area contributed by atoms with Gasteiger partial charge in [-0.15, -0.1) is 0 Å². The van der Waals surface area contributed by atoms with Gasteiger partial charge in [-0.05, 0) is 42.3 Å². The molecule has 0 radical (unpaired) electrons. The Labute approximate surface area is 175 Å². The fourth-order valence-electron chi connectivity index (χ4n) is 3.50. The van der Waals surface area contributed by atoms with Crippen molar-refractivity contribution in [2.75, 3.05) is 18.4 Å². The summed E-state index contributed by atoms with van der Waals surface area (Å²) in [5, 5.41) is 13.8. The number of nitrogens with one attached hydrogen (secondary N) is 3. The summed E-state index contributed by atoms with van der Waals surface area (Å²) in [7, 11) is 0. The summed E-state index contributed by atoms with van der Waals surface area (Å²) in [6.45, 7) is 3.92. The van der Waals surface area contributed by atoms with Gasteiger partial charge in [-0.25, -0.2) is 14.7 Å². The predicted molar refractivity (Wildman–Crippen MR) is 117 cm³/mol. The van der Waals surface area contributed by atoms with Crippen molar-refractivity contribution in [2.45, 2.75) is 25.8 Å². The van der Waals surface area contributed by atoms with Crippen LogP contribution in [0.25, 0.3) is 5.82 Å². The van der Waals surface area contributed by atoms with Crippen molar-refractivity contribution in [3.8, 4) is 5.82 Å². The number of guanidine groups is 1. The van der Waals surface area contributed by atoms with Crippen LogP contribution >= 0.6 is 0 Å². The molecule has 3 heterocycles. The molecule has 1 amide bonds. The minimum Gasteiger partial charge on any atom is -0.357 e. The van der Waals surface area contributed by atoms with E-state index < -0.39 is 0 Å². The lowest BCUT2D eigenvalue weighted by atomic mass is 9.90. The van der Waals surface area contributed by atoms with Crippen LogP contribution in [0.3, 0.4) is 0 Å². The second-order valence-electron chi connectivity index (χ2n) is 7.09. The van der Waals surface area contributed by atoms with Crippen molar-refractivity contribution in [2.24, 2.45) is 4.99 Å². The third kappa shape index (κ3) is 4.65. The summed E-state index contributed by atoms with van der Waals surface area (Å²) in [6.07, 6.45) is 5.81. The second kappa shape index (κ2) is 9.21. The number of benzene rings is 1. The van der Waals surface area contributed by atoms with E-state index in [0.29, 0.717) is 19.5 Å². The smallest absolute Gasteiger partial charge is 0.225 e. The Kier molecular flexibility index (Phi) is 6.03. The molecular weight excluding hydrogens is 378 g/mol. The molecule has 1 aromatic carbocycles. The number of aromatic nitrogens is 3. The number of fused-ring (bicyclic) bond motifs is 1. The first-order valence-electron chi connectivity index (χ1n) is 10.1. The topological polar surface area (TPSA) is 96.2 Å². The number of anilines is 1. The number of hydrogen-bond donors (Lipinski definition) is 3. The highest BCUT2D eigenvalue weighted by Crippen LogP contribution is 2.31. The van der Waals surface area contributed by atoms with Crippen LogP contribution in [0.2, 0.25) is 0 Å². The highest BCUT2D eigenvalue weighted by atomic mass is 16.1. The van der Waals surface area contributed by atoms with E-state index in [9.17, 15) is 4.79 Å². The van der Waals surface area contributed by atoms with E-state index in [0.717, 1.165) is 35.1 Å². The zero-order valence-electron chi connectivity index (χ0n) is 16.9. The van der Waals surface area contributed by atoms with Crippen molar-refractivity contribution in [1.29, 1.82) is 0 Å². The molecule has 2 aromatic heterocycles. The number of pyridine rings is 1. The fraction of sp³-hybridized carbons (Fsp3) is 0.273. The summed E-state index contributed by atoms with van der Waals surface area (Å²) in [6, 6.07) is 13.7. The summed E-state index contributed by atoms with van der Waals surface area (Å²) in [5.74, 6) is 1.63. The Bertz CT molecular complexity index is 1030. The van der Waals surface area contributed by atoms with Crippen LogP contribution in [0.4, 0.5) is 5.69 Å². The fourth-order valence-corrected chi connectivity index (χ4v) is 3.50. The molecule has 0 saturated heterocycles. The Hall–Kier alpha value is -3.68. The molecule has 3 aromatic rings. The molecule has 8 nitrogen and oxygen atoms in total. The first kappa shape index (κ1) is 19.6. The molecule has 1 aliphatic heterocycles. The van der Waals surface area contributed by atoms with Gasteiger partial charge in [-0.3, -0.25) is 4.79 Å². The van der Waals surface area contributed by atoms with E-state index >= 15 is 0 Å². The van der Waals surface area contributed by atoms with Crippen LogP contribution in [0.5, 0.6) is 0 Å². The summed E-state index contributed by atoms with van der Waals surface area (Å²) in [5.41, 5.74) is 3.08. The number of amides is 1. The highest BCUT2D eigenvalue weighted by Gasteiger charge is 2.24. The number of aliphatic imine (C=N–C) groups is 1. The lowest BCUT2D eigenvalue weighted by Gasteiger charge is -2.26. The van der Waals surface area contributed by atoms with Gasteiger partial charge in [0.1, 0.15) is 0 Å². The van der Waals surface area contributed by atoms with Crippen molar-refractivity contribution < 1.29 is 4.79 Å². The first-order chi connectivity index (χ1) is 14.7. The van der Waals surface area contributed by atoms with Gasteiger partial charge in [-0.2, -0.15) is 5.10 Å². The lowest BCUT2D eigenvalue weighted by Crippen LogP contribution is -2.40. The van der Waals surface area contributed by atoms with Crippen LogP contribution in [-0.2, 0) is 11.3 Å². The van der Waals surface area contributed by atoms with Gasteiger partial charge in [0.15, 0.2) is 11.8 Å². The number of para-hydroxylation sites is 1. The monoisotopic (exact) mass is 403 g/mol. The second-order valence-corrected chi connectivity index (χ2v) is 7.09. The van der Waals surface area contributed by atoms with E-state index in [2.05, 4.69) is 32.1 Å². The molecule has 1 aliphatic rings. The summed E-state index contributed by atoms with van der Waals surface area (Å²) >= 11 is 0. The van der Waals surface area contributed by atoms with Gasteiger partial charge in [0.2, 0.25) is 5.91 Å². The van der Waals surface area contributed by atoms with E-state index in [1.807, 2.05) is 49.5 Å². The molecule has 1 atom stereocenters. The third-order valence-corrected chi connectivity index (χ3v) is 4.94. The molecule has 0 fully saturated rings.